The number of carbonyl (C=O) groups is 1. The summed E-state index contributed by atoms with van der Waals surface area (Å²) in [6, 6.07) is 7.91. The number of quaternary nitrogens is 1. The van der Waals surface area contributed by atoms with Gasteiger partial charge >= 0.3 is 6.09 Å². The van der Waals surface area contributed by atoms with Crippen molar-refractivity contribution in [3.63, 3.8) is 0 Å². The van der Waals surface area contributed by atoms with Gasteiger partial charge in [0.1, 0.15) is 6.54 Å². The zero-order valence-electron chi connectivity index (χ0n) is 15.7. The molecule has 3 rings (SSSR count). The number of ether oxygens (including phenoxy) is 1. The van der Waals surface area contributed by atoms with Crippen LogP contribution < -0.4 is 16.0 Å². The lowest BCUT2D eigenvalue weighted by molar-refractivity contribution is -0.918. The number of hydrogen-bond acceptors (Lipinski definition) is 7. The molecule has 0 saturated carbocycles. The third kappa shape index (κ3) is 5.04. The van der Waals surface area contributed by atoms with Crippen LogP contribution in [-0.2, 0) is 11.3 Å². The van der Waals surface area contributed by atoms with Crippen LogP contribution in [0.4, 0.5) is 22.4 Å². The van der Waals surface area contributed by atoms with Crippen LogP contribution in [0.2, 0.25) is 0 Å². The van der Waals surface area contributed by atoms with Gasteiger partial charge in [-0.15, -0.1) is 0 Å². The molecule has 9 heteroatoms. The van der Waals surface area contributed by atoms with Crippen molar-refractivity contribution in [1.29, 1.82) is 0 Å². The first kappa shape index (κ1) is 18.8. The molecule has 1 fully saturated rings. The highest BCUT2D eigenvalue weighted by molar-refractivity contribution is 5.67. The average molecular weight is 372 g/mol. The molecule has 0 spiro atoms. The van der Waals surface area contributed by atoms with Crippen molar-refractivity contribution in [2.45, 2.75) is 20.4 Å². The number of aryl methyl sites for hydroxylation is 1. The fraction of sp³-hybridized carbons (Fsp3) is 0.444. The zero-order chi connectivity index (χ0) is 19.2. The Kier molecular flexibility index (Phi) is 6.02. The first-order chi connectivity index (χ1) is 13.0. The van der Waals surface area contributed by atoms with Crippen LogP contribution in [0.25, 0.3) is 0 Å². The standard InChI is InChI=1S/C18H25N7O2/c1-3-27-18(26)25-10-8-24(9-11-25)12-15-21-16(19)23-17(22-15)20-14-7-5-4-6-13(14)2/h4-7H,3,8-12H2,1-2H3,(H3,19,20,21,22,23)/p+1. The van der Waals surface area contributed by atoms with Gasteiger partial charge in [0.25, 0.3) is 0 Å². The second-order valence-electron chi connectivity index (χ2n) is 6.49. The van der Waals surface area contributed by atoms with E-state index in [1.807, 2.05) is 38.1 Å². The second kappa shape index (κ2) is 8.63. The minimum atomic E-state index is -0.245. The predicted molar refractivity (Wildman–Crippen MR) is 102 cm³/mol. The molecule has 0 bridgehead atoms. The van der Waals surface area contributed by atoms with E-state index in [1.54, 1.807) is 4.90 Å². The van der Waals surface area contributed by atoms with Gasteiger partial charge in [0.15, 0.2) is 5.82 Å². The lowest BCUT2D eigenvalue weighted by atomic mass is 10.2. The SMILES string of the molecule is CCOC(=O)N1CC[NH+](Cc2nc(N)nc(Nc3ccccc3C)n2)CC1. The van der Waals surface area contributed by atoms with Gasteiger partial charge in [-0.05, 0) is 25.5 Å². The number of hydrogen-bond donors (Lipinski definition) is 3. The summed E-state index contributed by atoms with van der Waals surface area (Å²) in [5.74, 6) is 1.27. The van der Waals surface area contributed by atoms with E-state index < -0.39 is 0 Å². The summed E-state index contributed by atoms with van der Waals surface area (Å²) in [6.45, 7) is 7.79. The summed E-state index contributed by atoms with van der Waals surface area (Å²) < 4.78 is 5.05. The van der Waals surface area contributed by atoms with Gasteiger partial charge in [-0.1, -0.05) is 18.2 Å². The Morgan fingerprint density at radius 3 is 2.70 bits per heavy atom. The molecule has 9 nitrogen and oxygen atoms in total. The maximum absolute atomic E-state index is 11.8. The van der Waals surface area contributed by atoms with Crippen molar-refractivity contribution in [2.75, 3.05) is 43.8 Å². The molecule has 2 aromatic rings. The van der Waals surface area contributed by atoms with Crippen LogP contribution in [0.1, 0.15) is 18.3 Å². The lowest BCUT2D eigenvalue weighted by Gasteiger charge is -2.31. The summed E-state index contributed by atoms with van der Waals surface area (Å²) >= 11 is 0. The van der Waals surface area contributed by atoms with Crippen molar-refractivity contribution in [2.24, 2.45) is 0 Å². The second-order valence-corrected chi connectivity index (χ2v) is 6.49. The fourth-order valence-electron chi connectivity index (χ4n) is 3.03. The molecule has 1 aromatic heterocycles. The molecule has 0 radical (unpaired) electrons. The highest BCUT2D eigenvalue weighted by atomic mass is 16.6. The monoisotopic (exact) mass is 372 g/mol. The summed E-state index contributed by atoms with van der Waals surface area (Å²) in [6.07, 6.45) is -0.245. The zero-order valence-corrected chi connectivity index (χ0v) is 15.7. The van der Waals surface area contributed by atoms with Crippen molar-refractivity contribution in [3.8, 4) is 0 Å². The van der Waals surface area contributed by atoms with Crippen molar-refractivity contribution in [1.82, 2.24) is 19.9 Å². The van der Waals surface area contributed by atoms with E-state index in [-0.39, 0.29) is 12.0 Å². The minimum absolute atomic E-state index is 0.195. The summed E-state index contributed by atoms with van der Waals surface area (Å²) in [7, 11) is 0. The summed E-state index contributed by atoms with van der Waals surface area (Å²) in [5, 5.41) is 3.21. The van der Waals surface area contributed by atoms with Crippen LogP contribution >= 0.6 is 0 Å². The number of piperazine rings is 1. The summed E-state index contributed by atoms with van der Waals surface area (Å²) in [5.41, 5.74) is 7.90. The Bertz CT molecular complexity index is 791. The van der Waals surface area contributed by atoms with Crippen LogP contribution in [0.15, 0.2) is 24.3 Å². The van der Waals surface area contributed by atoms with E-state index in [1.165, 1.54) is 4.90 Å². The first-order valence-corrected chi connectivity index (χ1v) is 9.13. The molecule has 27 heavy (non-hydrogen) atoms. The van der Waals surface area contributed by atoms with Crippen LogP contribution in [0.5, 0.6) is 0 Å². The average Bonchev–Trinajstić information content (AvgIpc) is 2.64. The molecule has 1 aromatic carbocycles. The molecule has 144 valence electrons. The van der Waals surface area contributed by atoms with Crippen molar-refractivity contribution < 1.29 is 14.4 Å². The molecule has 1 amide bonds. The van der Waals surface area contributed by atoms with Gasteiger partial charge in [0.05, 0.1) is 32.8 Å². The Morgan fingerprint density at radius 2 is 2.00 bits per heavy atom. The molecule has 1 aliphatic heterocycles. The van der Waals surface area contributed by atoms with E-state index in [0.717, 1.165) is 24.3 Å². The Hall–Kier alpha value is -2.94. The Balaban J connectivity index is 1.62. The smallest absolute Gasteiger partial charge is 0.410 e. The topological polar surface area (TPSA) is 111 Å². The van der Waals surface area contributed by atoms with Gasteiger partial charge < -0.3 is 20.7 Å². The van der Waals surface area contributed by atoms with E-state index in [4.69, 9.17) is 10.5 Å². The number of nitrogens with zero attached hydrogens (tertiary/aromatic N) is 4. The number of rotatable bonds is 5. The van der Waals surface area contributed by atoms with Gasteiger partial charge in [-0.3, -0.25) is 4.90 Å². The maximum atomic E-state index is 11.8. The maximum Gasteiger partial charge on any atom is 0.410 e. The van der Waals surface area contributed by atoms with Crippen LogP contribution in [0, 0.1) is 6.92 Å². The van der Waals surface area contributed by atoms with E-state index >= 15 is 0 Å². The van der Waals surface area contributed by atoms with Gasteiger partial charge in [0.2, 0.25) is 11.9 Å². The largest absolute Gasteiger partial charge is 0.450 e. The third-order valence-electron chi connectivity index (χ3n) is 4.50. The van der Waals surface area contributed by atoms with Gasteiger partial charge in [-0.25, -0.2) is 4.79 Å². The highest BCUT2D eigenvalue weighted by Crippen LogP contribution is 2.17. The van der Waals surface area contributed by atoms with E-state index in [0.29, 0.717) is 38.0 Å². The van der Waals surface area contributed by atoms with Crippen molar-refractivity contribution in [3.05, 3.63) is 35.7 Å². The number of aromatic nitrogens is 3. The molecule has 0 unspecified atom stereocenters. The number of nitrogen functional groups attached to an aromatic ring is 1. The molecular formula is C18H26N7O2+. The Labute approximate surface area is 158 Å². The number of nitrogens with one attached hydrogen (secondary N) is 2. The first-order valence-electron chi connectivity index (χ1n) is 9.13. The number of para-hydroxylation sites is 1. The number of nitrogens with two attached hydrogens (primary N) is 1. The molecule has 1 saturated heterocycles. The van der Waals surface area contributed by atoms with E-state index in [9.17, 15) is 4.79 Å². The number of carbonyl (C=O) groups excluding carboxylic acids is 1. The molecule has 1 aliphatic rings. The fourth-order valence-corrected chi connectivity index (χ4v) is 3.03. The normalized spacial score (nSPS) is 14.8. The van der Waals surface area contributed by atoms with Crippen LogP contribution in [0.3, 0.4) is 0 Å². The Morgan fingerprint density at radius 1 is 1.26 bits per heavy atom. The minimum Gasteiger partial charge on any atom is -0.450 e. The molecule has 4 N–H and O–H groups in total. The number of anilines is 3. The quantitative estimate of drug-likeness (QED) is 0.695. The highest BCUT2D eigenvalue weighted by Gasteiger charge is 2.25. The lowest BCUT2D eigenvalue weighted by Crippen LogP contribution is -3.13. The van der Waals surface area contributed by atoms with Gasteiger partial charge in [-0.2, -0.15) is 15.0 Å². The number of benzene rings is 1. The van der Waals surface area contributed by atoms with Gasteiger partial charge in [0, 0.05) is 5.69 Å². The predicted octanol–water partition coefficient (Wildman–Crippen LogP) is 0.363. The van der Waals surface area contributed by atoms with E-state index in [2.05, 4.69) is 20.3 Å². The molecule has 0 atom stereocenters. The third-order valence-corrected chi connectivity index (χ3v) is 4.50. The van der Waals surface area contributed by atoms with Crippen molar-refractivity contribution >= 4 is 23.7 Å². The van der Waals surface area contributed by atoms with Crippen LogP contribution in [-0.4, -0.2) is 58.7 Å². The molecule has 2 heterocycles. The molecular weight excluding hydrogens is 346 g/mol. The molecule has 0 aliphatic carbocycles. The number of amides is 1. The summed E-state index contributed by atoms with van der Waals surface area (Å²) in [4.78, 5) is 27.8.